The number of rotatable bonds is 4. The first-order valence-electron chi connectivity index (χ1n) is 18.6. The predicted octanol–water partition coefficient (Wildman–Crippen LogP) is 13.7. The number of thiophene rings is 1. The summed E-state index contributed by atoms with van der Waals surface area (Å²) in [5.74, 6) is 1.87. The van der Waals surface area contributed by atoms with Crippen molar-refractivity contribution < 1.29 is 4.42 Å². The molecule has 0 aliphatic carbocycles. The quantitative estimate of drug-likeness (QED) is 0.169. The lowest BCUT2D eigenvalue weighted by Gasteiger charge is -2.10. The van der Waals surface area contributed by atoms with Crippen molar-refractivity contribution in [2.75, 3.05) is 0 Å². The van der Waals surface area contributed by atoms with E-state index in [1.54, 1.807) is 11.3 Å². The molecule has 56 heavy (non-hydrogen) atoms. The number of para-hydroxylation sites is 1. The summed E-state index contributed by atoms with van der Waals surface area (Å²) in [5, 5.41) is 9.87. The maximum atomic E-state index is 6.78. The van der Waals surface area contributed by atoms with E-state index in [9.17, 15) is 0 Å². The number of benzene rings is 8. The lowest BCUT2D eigenvalue weighted by molar-refractivity contribution is 0.673. The minimum absolute atomic E-state index is 0.604. The van der Waals surface area contributed by atoms with Crippen LogP contribution in [0.4, 0.5) is 0 Å². The van der Waals surface area contributed by atoms with Crippen LogP contribution in [0.25, 0.3) is 120 Å². The Morgan fingerprint density at radius 2 is 1.09 bits per heavy atom. The number of nitrogens with zero attached hydrogens (tertiary/aromatic N) is 4. The molecule has 0 bridgehead atoms. The molecule has 0 saturated carbocycles. The van der Waals surface area contributed by atoms with Crippen LogP contribution < -0.4 is 0 Å². The molecular formula is C50H28N4OS. The zero-order valence-electron chi connectivity index (χ0n) is 29.8. The number of aromatic nitrogens is 4. The van der Waals surface area contributed by atoms with Crippen molar-refractivity contribution in [1.82, 2.24) is 19.9 Å². The van der Waals surface area contributed by atoms with E-state index < -0.39 is 0 Å². The Kier molecular flexibility index (Phi) is 6.73. The van der Waals surface area contributed by atoms with Crippen LogP contribution >= 0.6 is 11.3 Å². The van der Waals surface area contributed by atoms with Gasteiger partial charge in [-0.3, -0.25) is 0 Å². The summed E-state index contributed by atoms with van der Waals surface area (Å²) >= 11 is 1.79. The van der Waals surface area contributed by atoms with E-state index in [-0.39, 0.29) is 0 Å². The van der Waals surface area contributed by atoms with Crippen molar-refractivity contribution in [2.24, 2.45) is 0 Å². The molecule has 0 N–H and O–H groups in total. The van der Waals surface area contributed by atoms with Crippen molar-refractivity contribution in [2.45, 2.75) is 0 Å². The third-order valence-corrected chi connectivity index (χ3v) is 12.0. The molecule has 0 amide bonds. The average Bonchev–Trinajstić information content (AvgIpc) is 3.84. The molecule has 4 heterocycles. The van der Waals surface area contributed by atoms with Crippen LogP contribution in [0, 0.1) is 0 Å². The van der Waals surface area contributed by atoms with Gasteiger partial charge in [0.05, 0.1) is 11.2 Å². The molecule has 0 atom stereocenters. The topological polar surface area (TPSA) is 64.7 Å². The van der Waals surface area contributed by atoms with Crippen molar-refractivity contribution in [3.05, 3.63) is 170 Å². The van der Waals surface area contributed by atoms with Crippen LogP contribution in [0.2, 0.25) is 0 Å². The highest BCUT2D eigenvalue weighted by atomic mass is 32.1. The van der Waals surface area contributed by atoms with E-state index in [1.807, 2.05) is 18.2 Å². The SMILES string of the molecule is c1ccc(-c2nc3ccccc3c3c2ccc2c4cc(-c5nc(-c6ccc7ccccc7c6)nc(-c6cccc7sc8ccccc8c67)n5)ccc4oc23)cc1. The molecule has 0 fully saturated rings. The van der Waals surface area contributed by atoms with E-state index in [2.05, 4.69) is 152 Å². The van der Waals surface area contributed by atoms with Gasteiger partial charge in [0.25, 0.3) is 0 Å². The molecule has 5 nitrogen and oxygen atoms in total. The van der Waals surface area contributed by atoms with Crippen LogP contribution in [0.15, 0.2) is 174 Å². The number of hydrogen-bond acceptors (Lipinski definition) is 6. The zero-order valence-corrected chi connectivity index (χ0v) is 30.6. The molecule has 0 aliphatic heterocycles. The number of fused-ring (bicyclic) bond motifs is 11. The second-order valence-electron chi connectivity index (χ2n) is 14.2. The summed E-state index contributed by atoms with van der Waals surface area (Å²) in [4.78, 5) is 20.8. The van der Waals surface area contributed by atoms with Gasteiger partial charge in [-0.25, -0.2) is 19.9 Å². The first-order valence-corrected chi connectivity index (χ1v) is 19.4. The van der Waals surface area contributed by atoms with Crippen LogP contribution in [0.3, 0.4) is 0 Å². The van der Waals surface area contributed by atoms with Gasteiger partial charge in [-0.2, -0.15) is 0 Å². The molecule has 0 spiro atoms. The van der Waals surface area contributed by atoms with Crippen molar-refractivity contribution in [3.63, 3.8) is 0 Å². The molecule has 0 saturated heterocycles. The zero-order chi connectivity index (χ0) is 36.7. The van der Waals surface area contributed by atoms with Crippen LogP contribution in [0.1, 0.15) is 0 Å². The average molecular weight is 733 g/mol. The normalized spacial score (nSPS) is 11.9. The molecule has 4 aromatic heterocycles. The highest BCUT2D eigenvalue weighted by Gasteiger charge is 2.20. The number of pyridine rings is 1. The van der Waals surface area contributed by atoms with Crippen molar-refractivity contribution in [1.29, 1.82) is 0 Å². The standard InChI is InChI=1S/C50H28N4OS/c1-2-12-30(13-3-1)46-37-25-24-34-39-28-33(23-26-41(39)55-47(34)45(37)35-15-6-8-18-40(35)51-46)49-52-48(32-22-21-29-11-4-5-14-31(29)27-32)53-50(54-49)38-17-10-20-43-44(38)36-16-7-9-19-42(36)56-43/h1-28H. The molecule has 12 rings (SSSR count). The van der Waals surface area contributed by atoms with Gasteiger partial charge in [0.15, 0.2) is 17.5 Å². The van der Waals surface area contributed by atoms with Gasteiger partial charge in [0, 0.05) is 69.4 Å². The third kappa shape index (κ3) is 4.79. The van der Waals surface area contributed by atoms with Crippen molar-refractivity contribution >= 4 is 85.9 Å². The Balaban J connectivity index is 1.10. The fourth-order valence-electron chi connectivity index (χ4n) is 8.27. The minimum atomic E-state index is 0.604. The van der Waals surface area contributed by atoms with Crippen LogP contribution in [-0.4, -0.2) is 19.9 Å². The Morgan fingerprint density at radius 3 is 1.98 bits per heavy atom. The Morgan fingerprint density at radius 1 is 0.393 bits per heavy atom. The summed E-state index contributed by atoms with van der Waals surface area (Å²) < 4.78 is 9.23. The fraction of sp³-hybridized carbons (Fsp3) is 0. The predicted molar refractivity (Wildman–Crippen MR) is 232 cm³/mol. The Hall–Kier alpha value is -7.28. The number of hydrogen-bond donors (Lipinski definition) is 0. The maximum Gasteiger partial charge on any atom is 0.164 e. The van der Waals surface area contributed by atoms with E-state index in [1.165, 1.54) is 20.2 Å². The second kappa shape index (κ2) is 12.1. The second-order valence-corrected chi connectivity index (χ2v) is 15.3. The van der Waals surface area contributed by atoms with E-state index >= 15 is 0 Å². The summed E-state index contributed by atoms with van der Waals surface area (Å²) in [5.41, 5.74) is 7.40. The molecule has 260 valence electrons. The van der Waals surface area contributed by atoms with Gasteiger partial charge in [0.2, 0.25) is 0 Å². The molecular weight excluding hydrogens is 705 g/mol. The van der Waals surface area contributed by atoms with E-state index in [0.29, 0.717) is 17.5 Å². The van der Waals surface area contributed by atoms with E-state index in [4.69, 9.17) is 24.4 Å². The summed E-state index contributed by atoms with van der Waals surface area (Å²) in [6, 6.07) is 59.1. The molecule has 0 aliphatic rings. The maximum absolute atomic E-state index is 6.78. The van der Waals surface area contributed by atoms with Gasteiger partial charge in [-0.05, 0) is 59.3 Å². The fourth-order valence-corrected chi connectivity index (χ4v) is 9.40. The van der Waals surface area contributed by atoms with Gasteiger partial charge in [-0.1, -0.05) is 121 Å². The Bertz CT molecular complexity index is 3550. The van der Waals surface area contributed by atoms with Gasteiger partial charge in [-0.15, -0.1) is 11.3 Å². The molecule has 0 unspecified atom stereocenters. The number of furan rings is 1. The summed E-state index contributed by atoms with van der Waals surface area (Å²) in [6.45, 7) is 0. The summed E-state index contributed by atoms with van der Waals surface area (Å²) in [7, 11) is 0. The van der Waals surface area contributed by atoms with E-state index in [0.717, 1.165) is 82.3 Å². The van der Waals surface area contributed by atoms with Crippen molar-refractivity contribution in [3.8, 4) is 45.4 Å². The Labute approximate surface area is 324 Å². The summed E-state index contributed by atoms with van der Waals surface area (Å²) in [6.07, 6.45) is 0. The van der Waals surface area contributed by atoms with Gasteiger partial charge < -0.3 is 4.42 Å². The van der Waals surface area contributed by atoms with Gasteiger partial charge in [0.1, 0.15) is 11.2 Å². The van der Waals surface area contributed by atoms with Gasteiger partial charge >= 0.3 is 0 Å². The van der Waals surface area contributed by atoms with Crippen LogP contribution in [-0.2, 0) is 0 Å². The molecule has 0 radical (unpaired) electrons. The molecule has 8 aromatic carbocycles. The largest absolute Gasteiger partial charge is 0.455 e. The van der Waals surface area contributed by atoms with Crippen LogP contribution in [0.5, 0.6) is 0 Å². The third-order valence-electron chi connectivity index (χ3n) is 10.9. The highest BCUT2D eigenvalue weighted by Crippen LogP contribution is 2.43. The molecule has 6 heteroatoms. The monoisotopic (exact) mass is 732 g/mol. The first-order chi connectivity index (χ1) is 27.7. The lowest BCUT2D eigenvalue weighted by Crippen LogP contribution is -2.00. The minimum Gasteiger partial charge on any atom is -0.455 e. The first kappa shape index (κ1) is 31.1. The lowest BCUT2D eigenvalue weighted by atomic mass is 9.97. The molecule has 12 aromatic rings. The highest BCUT2D eigenvalue weighted by molar-refractivity contribution is 7.25. The smallest absolute Gasteiger partial charge is 0.164 e.